The normalized spacial score (nSPS) is 12.2. The van der Waals surface area contributed by atoms with Gasteiger partial charge in [-0.3, -0.25) is 0 Å². The third-order valence-corrected chi connectivity index (χ3v) is 4.66. The van der Waals surface area contributed by atoms with Crippen LogP contribution in [0, 0.1) is 0 Å². The van der Waals surface area contributed by atoms with E-state index in [1.54, 1.807) is 0 Å². The fraction of sp³-hybridized carbons (Fsp3) is 0.350. The molecule has 0 fully saturated rings. The molecule has 0 aliphatic carbocycles. The molecule has 1 heterocycles. The van der Waals surface area contributed by atoms with Gasteiger partial charge in [0.25, 0.3) is 0 Å². The van der Waals surface area contributed by atoms with E-state index in [-0.39, 0.29) is 5.25 Å². The predicted octanol–water partition coefficient (Wildman–Crippen LogP) is 4.45. The molecule has 138 valence electrons. The lowest BCUT2D eigenvalue weighted by Crippen LogP contribution is -2.12. The molecule has 2 aromatic carbocycles. The van der Waals surface area contributed by atoms with Crippen LogP contribution < -0.4 is 14.4 Å². The number of nitrogens with one attached hydrogen (secondary N) is 1. The van der Waals surface area contributed by atoms with Crippen LogP contribution in [0.5, 0.6) is 11.5 Å². The monoisotopic (exact) mass is 371 g/mol. The molecule has 0 saturated carbocycles. The highest BCUT2D eigenvalue weighted by Crippen LogP contribution is 2.36. The van der Waals surface area contributed by atoms with Crippen molar-refractivity contribution in [3.63, 3.8) is 0 Å². The van der Waals surface area contributed by atoms with Gasteiger partial charge >= 0.3 is 0 Å². The summed E-state index contributed by atoms with van der Waals surface area (Å²) in [7, 11) is 4.06. The average molecular weight is 372 g/mol. The summed E-state index contributed by atoms with van der Waals surface area (Å²) < 4.78 is 11.4. The number of aromatic amines is 1. The zero-order valence-corrected chi connectivity index (χ0v) is 16.5. The van der Waals surface area contributed by atoms with Crippen molar-refractivity contribution < 1.29 is 9.47 Å². The Balaban J connectivity index is 2.03. The van der Waals surface area contributed by atoms with Gasteiger partial charge in [0.2, 0.25) is 0 Å². The molecule has 0 aliphatic heterocycles. The minimum absolute atomic E-state index is 0.160. The van der Waals surface area contributed by atoms with Crippen molar-refractivity contribution in [1.29, 1.82) is 0 Å². The number of hydrogen-bond acceptors (Lipinski definition) is 5. The maximum absolute atomic E-state index is 5.70. The smallest absolute Gasteiger partial charge is 0.163 e. The van der Waals surface area contributed by atoms with Crippen molar-refractivity contribution in [2.75, 3.05) is 32.2 Å². The zero-order chi connectivity index (χ0) is 18.7. The number of fused-ring (bicyclic) bond motifs is 1. The van der Waals surface area contributed by atoms with E-state index in [0.29, 0.717) is 19.0 Å². The van der Waals surface area contributed by atoms with E-state index < -0.39 is 0 Å². The predicted molar refractivity (Wildman–Crippen MR) is 110 cm³/mol. The summed E-state index contributed by atoms with van der Waals surface area (Å²) in [6, 6.07) is 12.1. The summed E-state index contributed by atoms with van der Waals surface area (Å²) >= 11 is 4.84. The number of thiol groups is 1. The molecule has 5 nitrogen and oxygen atoms in total. The lowest BCUT2D eigenvalue weighted by molar-refractivity contribution is 0.288. The minimum Gasteiger partial charge on any atom is -0.490 e. The van der Waals surface area contributed by atoms with Gasteiger partial charge in [-0.2, -0.15) is 12.6 Å². The highest BCUT2D eigenvalue weighted by molar-refractivity contribution is 7.80. The third kappa shape index (κ3) is 3.60. The van der Waals surface area contributed by atoms with Crippen LogP contribution in [0.3, 0.4) is 0 Å². The van der Waals surface area contributed by atoms with Crippen LogP contribution in [0.1, 0.15) is 30.5 Å². The van der Waals surface area contributed by atoms with Gasteiger partial charge in [-0.05, 0) is 25.5 Å². The van der Waals surface area contributed by atoms with Crippen LogP contribution in [-0.2, 0) is 0 Å². The molecule has 0 saturated heterocycles. The second-order valence-electron chi connectivity index (χ2n) is 6.16. The van der Waals surface area contributed by atoms with Crippen molar-refractivity contribution >= 4 is 29.3 Å². The number of ether oxygens (including phenoxy) is 2. The second kappa shape index (κ2) is 7.91. The summed E-state index contributed by atoms with van der Waals surface area (Å²) in [6.07, 6.45) is 0. The Morgan fingerprint density at radius 1 is 1.08 bits per heavy atom. The van der Waals surface area contributed by atoms with Crippen molar-refractivity contribution in [2.24, 2.45) is 0 Å². The largest absolute Gasteiger partial charge is 0.490 e. The number of rotatable bonds is 7. The van der Waals surface area contributed by atoms with E-state index >= 15 is 0 Å². The molecule has 0 spiro atoms. The highest BCUT2D eigenvalue weighted by atomic mass is 32.1. The standard InChI is InChI=1S/C20H25N3O2S/c1-5-24-17-11-14-15(12-18(17)25-6-2)22-20(21-14)19(26)13-9-7-8-10-16(13)23(3)4/h7-12,19,26H,5-6H2,1-4H3,(H,21,22). The third-order valence-electron chi connectivity index (χ3n) is 4.14. The first-order valence-corrected chi connectivity index (χ1v) is 9.30. The Labute approximate surface area is 159 Å². The molecule has 0 radical (unpaired) electrons. The molecular weight excluding hydrogens is 346 g/mol. The minimum atomic E-state index is -0.160. The Bertz CT molecular complexity index is 849. The van der Waals surface area contributed by atoms with Gasteiger partial charge < -0.3 is 19.4 Å². The first-order valence-electron chi connectivity index (χ1n) is 8.78. The van der Waals surface area contributed by atoms with E-state index in [9.17, 15) is 0 Å². The molecule has 26 heavy (non-hydrogen) atoms. The molecule has 0 amide bonds. The number of para-hydroxylation sites is 1. The molecule has 3 rings (SSSR count). The molecule has 1 atom stereocenters. The van der Waals surface area contributed by atoms with Gasteiger partial charge in [0.05, 0.1) is 29.5 Å². The van der Waals surface area contributed by atoms with Gasteiger partial charge in [-0.25, -0.2) is 4.98 Å². The van der Waals surface area contributed by atoms with Gasteiger partial charge in [0.1, 0.15) is 5.82 Å². The van der Waals surface area contributed by atoms with Crippen molar-refractivity contribution in [3.05, 3.63) is 47.8 Å². The summed E-state index contributed by atoms with van der Waals surface area (Å²) in [5, 5.41) is -0.160. The number of imidazole rings is 1. The molecule has 1 aromatic heterocycles. The SMILES string of the molecule is CCOc1cc2nc(C(S)c3ccccc3N(C)C)[nH]c2cc1OCC. The summed E-state index contributed by atoms with van der Waals surface area (Å²) in [6.45, 7) is 5.07. The number of anilines is 1. The van der Waals surface area contributed by atoms with Crippen LogP contribution in [0.4, 0.5) is 5.69 Å². The summed E-state index contributed by atoms with van der Waals surface area (Å²) in [5.41, 5.74) is 3.98. The van der Waals surface area contributed by atoms with Gasteiger partial charge in [-0.1, -0.05) is 18.2 Å². The van der Waals surface area contributed by atoms with Gasteiger partial charge in [0.15, 0.2) is 11.5 Å². The number of H-pyrrole nitrogens is 1. The lowest BCUT2D eigenvalue weighted by Gasteiger charge is -2.20. The average Bonchev–Trinajstić information content (AvgIpc) is 3.04. The maximum Gasteiger partial charge on any atom is 0.163 e. The first kappa shape index (κ1) is 18.5. The molecule has 6 heteroatoms. The van der Waals surface area contributed by atoms with Gasteiger partial charge in [0, 0.05) is 31.9 Å². The van der Waals surface area contributed by atoms with Crippen molar-refractivity contribution in [3.8, 4) is 11.5 Å². The Kier molecular flexibility index (Phi) is 5.61. The quantitative estimate of drug-likeness (QED) is 0.603. The van der Waals surface area contributed by atoms with E-state index in [1.807, 2.05) is 52.2 Å². The Hall–Kier alpha value is -2.34. The number of aromatic nitrogens is 2. The number of hydrogen-bond donors (Lipinski definition) is 2. The van der Waals surface area contributed by atoms with E-state index in [4.69, 9.17) is 27.1 Å². The van der Waals surface area contributed by atoms with E-state index in [2.05, 4.69) is 22.0 Å². The first-order chi connectivity index (χ1) is 12.5. The highest BCUT2D eigenvalue weighted by Gasteiger charge is 2.19. The maximum atomic E-state index is 5.70. The Morgan fingerprint density at radius 3 is 2.38 bits per heavy atom. The van der Waals surface area contributed by atoms with Crippen LogP contribution in [-0.4, -0.2) is 37.3 Å². The Morgan fingerprint density at radius 2 is 1.73 bits per heavy atom. The van der Waals surface area contributed by atoms with Crippen molar-refractivity contribution in [1.82, 2.24) is 9.97 Å². The summed E-state index contributed by atoms with van der Waals surface area (Å²) in [5.74, 6) is 2.24. The lowest BCUT2D eigenvalue weighted by atomic mass is 10.1. The fourth-order valence-electron chi connectivity index (χ4n) is 2.98. The van der Waals surface area contributed by atoms with Crippen molar-refractivity contribution in [2.45, 2.75) is 19.1 Å². The van der Waals surface area contributed by atoms with Crippen LogP contribution in [0.2, 0.25) is 0 Å². The van der Waals surface area contributed by atoms with Crippen LogP contribution >= 0.6 is 12.6 Å². The number of nitrogens with zero attached hydrogens (tertiary/aromatic N) is 2. The fourth-order valence-corrected chi connectivity index (χ4v) is 3.32. The van der Waals surface area contributed by atoms with E-state index in [1.165, 1.54) is 0 Å². The molecule has 1 N–H and O–H groups in total. The van der Waals surface area contributed by atoms with Crippen LogP contribution in [0.15, 0.2) is 36.4 Å². The zero-order valence-electron chi connectivity index (χ0n) is 15.6. The molecule has 3 aromatic rings. The summed E-state index contributed by atoms with van der Waals surface area (Å²) in [4.78, 5) is 10.2. The van der Waals surface area contributed by atoms with E-state index in [0.717, 1.165) is 33.9 Å². The molecule has 1 unspecified atom stereocenters. The number of benzene rings is 2. The second-order valence-corrected chi connectivity index (χ2v) is 6.68. The van der Waals surface area contributed by atoms with Gasteiger partial charge in [-0.15, -0.1) is 0 Å². The molecule has 0 bridgehead atoms. The van der Waals surface area contributed by atoms with Crippen LogP contribution in [0.25, 0.3) is 11.0 Å². The molecule has 0 aliphatic rings. The topological polar surface area (TPSA) is 50.4 Å². The molecular formula is C20H25N3O2S.